The molecule has 8 nitrogen and oxygen atoms in total. The average molecular weight is 424 g/mol. The molecule has 1 aromatic heterocycles. The number of hydrogen-bond acceptors (Lipinski definition) is 7. The Hall–Kier alpha value is -3.22. The van der Waals surface area contributed by atoms with Gasteiger partial charge in [0.25, 0.3) is 0 Å². The Morgan fingerprint density at radius 1 is 1.45 bits per heavy atom. The van der Waals surface area contributed by atoms with Gasteiger partial charge in [0.1, 0.15) is 23.1 Å². The molecule has 2 aromatic rings. The normalized spacial score (nSPS) is 25.5. The second-order valence-electron chi connectivity index (χ2n) is 8.03. The summed E-state index contributed by atoms with van der Waals surface area (Å²) < 4.78 is 14.4. The van der Waals surface area contributed by atoms with Crippen molar-refractivity contribution in [1.82, 2.24) is 9.88 Å². The van der Waals surface area contributed by atoms with Gasteiger partial charge in [-0.15, -0.1) is 0 Å². The molecule has 1 fully saturated rings. The standard InChI is InChI=1S/C22H25FN6O2/c1-3-25-17-9-13(23)8-16-20(17)28-21(31)22(16,2)29-7-6-19(30)18(12-29)27-15-5-4-14(10-24)26-11-15/h4-5,8-9,11,18-19,25,27,30H,3,6-7,12H2,1-2H3,(H,28,31)/t18-,19+,22?/m0/s1. The molecule has 3 atom stereocenters. The minimum absolute atomic E-state index is 0.220. The first-order valence-corrected chi connectivity index (χ1v) is 10.3. The molecule has 9 heteroatoms. The van der Waals surface area contributed by atoms with Crippen LogP contribution < -0.4 is 16.0 Å². The van der Waals surface area contributed by atoms with Crippen molar-refractivity contribution in [3.63, 3.8) is 0 Å². The Bertz CT molecular complexity index is 1040. The molecule has 3 heterocycles. The third kappa shape index (κ3) is 3.69. The van der Waals surface area contributed by atoms with Gasteiger partial charge >= 0.3 is 0 Å². The number of benzene rings is 1. The van der Waals surface area contributed by atoms with Crippen LogP contribution in [0.2, 0.25) is 0 Å². The fourth-order valence-corrected chi connectivity index (χ4v) is 4.37. The lowest BCUT2D eigenvalue weighted by molar-refractivity contribution is -0.128. The molecule has 162 valence electrons. The van der Waals surface area contributed by atoms with Crippen molar-refractivity contribution >= 4 is 23.0 Å². The number of aliphatic hydroxyl groups is 1. The number of nitrogens with one attached hydrogen (secondary N) is 3. The van der Waals surface area contributed by atoms with E-state index < -0.39 is 17.5 Å². The summed E-state index contributed by atoms with van der Waals surface area (Å²) >= 11 is 0. The highest BCUT2D eigenvalue weighted by atomic mass is 19.1. The predicted octanol–water partition coefficient (Wildman–Crippen LogP) is 2.24. The minimum atomic E-state index is -1.06. The largest absolute Gasteiger partial charge is 0.391 e. The number of amides is 1. The van der Waals surface area contributed by atoms with Gasteiger partial charge in [-0.1, -0.05) is 0 Å². The number of fused-ring (bicyclic) bond motifs is 1. The van der Waals surface area contributed by atoms with Gasteiger partial charge < -0.3 is 21.1 Å². The molecule has 0 spiro atoms. The molecule has 0 bridgehead atoms. The second kappa shape index (κ2) is 8.13. The molecule has 1 unspecified atom stereocenters. The van der Waals surface area contributed by atoms with Gasteiger partial charge in [0.2, 0.25) is 5.91 Å². The van der Waals surface area contributed by atoms with Crippen LogP contribution in [-0.4, -0.2) is 52.7 Å². The number of hydrogen-bond donors (Lipinski definition) is 4. The van der Waals surface area contributed by atoms with Crippen molar-refractivity contribution in [3.05, 3.63) is 47.5 Å². The van der Waals surface area contributed by atoms with Crippen LogP contribution in [0.15, 0.2) is 30.5 Å². The van der Waals surface area contributed by atoms with E-state index in [0.29, 0.717) is 54.4 Å². The lowest BCUT2D eigenvalue weighted by Gasteiger charge is -2.44. The molecule has 1 aromatic carbocycles. The number of nitrogens with zero attached hydrogens (tertiary/aromatic N) is 3. The topological polar surface area (TPSA) is 113 Å². The van der Waals surface area contributed by atoms with Gasteiger partial charge in [0, 0.05) is 25.2 Å². The maximum atomic E-state index is 14.4. The summed E-state index contributed by atoms with van der Waals surface area (Å²) in [6.45, 7) is 5.16. The molecular formula is C22H25FN6O2. The molecule has 31 heavy (non-hydrogen) atoms. The third-order valence-electron chi connectivity index (χ3n) is 6.11. The zero-order valence-electron chi connectivity index (χ0n) is 17.4. The number of aromatic nitrogens is 1. The Morgan fingerprint density at radius 2 is 2.26 bits per heavy atom. The molecule has 0 radical (unpaired) electrons. The smallest absolute Gasteiger partial charge is 0.249 e. The minimum Gasteiger partial charge on any atom is -0.391 e. The summed E-state index contributed by atoms with van der Waals surface area (Å²) in [5.41, 5.74) is 1.66. The highest BCUT2D eigenvalue weighted by Crippen LogP contribution is 2.45. The van der Waals surface area contributed by atoms with Crippen LogP contribution in [0.1, 0.15) is 31.5 Å². The molecule has 4 N–H and O–H groups in total. The highest BCUT2D eigenvalue weighted by molar-refractivity contribution is 6.08. The van der Waals surface area contributed by atoms with E-state index in [9.17, 15) is 14.3 Å². The third-order valence-corrected chi connectivity index (χ3v) is 6.11. The fourth-order valence-electron chi connectivity index (χ4n) is 4.37. The Balaban J connectivity index is 1.62. The quantitative estimate of drug-likeness (QED) is 0.582. The maximum absolute atomic E-state index is 14.4. The Labute approximate surface area is 180 Å². The second-order valence-corrected chi connectivity index (χ2v) is 8.03. The average Bonchev–Trinajstić information content (AvgIpc) is 3.02. The monoisotopic (exact) mass is 424 g/mol. The van der Waals surface area contributed by atoms with Gasteiger partial charge in [-0.3, -0.25) is 9.69 Å². The lowest BCUT2D eigenvalue weighted by atomic mass is 9.87. The number of rotatable bonds is 5. The fraction of sp³-hybridized carbons (Fsp3) is 0.409. The number of nitriles is 1. The number of halogens is 1. The maximum Gasteiger partial charge on any atom is 0.249 e. The molecule has 1 saturated heterocycles. The summed E-state index contributed by atoms with van der Waals surface area (Å²) in [6, 6.07) is 7.73. The van der Waals surface area contributed by atoms with Crippen molar-refractivity contribution < 1.29 is 14.3 Å². The van der Waals surface area contributed by atoms with Crippen molar-refractivity contribution in [2.24, 2.45) is 0 Å². The first kappa shape index (κ1) is 21.0. The van der Waals surface area contributed by atoms with Crippen LogP contribution in [0, 0.1) is 17.1 Å². The summed E-state index contributed by atoms with van der Waals surface area (Å²) in [6.07, 6.45) is 1.38. The van der Waals surface area contributed by atoms with Crippen LogP contribution in [0.3, 0.4) is 0 Å². The highest BCUT2D eigenvalue weighted by Gasteiger charge is 2.50. The number of likely N-dealkylation sites (tertiary alicyclic amines) is 1. The van der Waals surface area contributed by atoms with Crippen molar-refractivity contribution in [2.45, 2.75) is 38.0 Å². The first-order valence-electron chi connectivity index (χ1n) is 10.3. The molecule has 0 aliphatic carbocycles. The van der Waals surface area contributed by atoms with E-state index >= 15 is 0 Å². The number of carbonyl (C=O) groups excluding carboxylic acids is 1. The van der Waals surface area contributed by atoms with Crippen molar-refractivity contribution in [3.8, 4) is 6.07 Å². The number of piperidine rings is 1. The van der Waals surface area contributed by atoms with Gasteiger partial charge in [0.15, 0.2) is 0 Å². The first-order chi connectivity index (χ1) is 14.9. The Morgan fingerprint density at radius 3 is 2.94 bits per heavy atom. The van der Waals surface area contributed by atoms with Crippen molar-refractivity contribution in [1.29, 1.82) is 5.26 Å². The number of anilines is 3. The number of carbonyl (C=O) groups is 1. The summed E-state index contributed by atoms with van der Waals surface area (Å²) in [7, 11) is 0. The molecule has 2 aliphatic rings. The number of pyridine rings is 1. The molecule has 4 rings (SSSR count). The lowest BCUT2D eigenvalue weighted by Crippen LogP contribution is -2.58. The summed E-state index contributed by atoms with van der Waals surface area (Å²) in [5.74, 6) is -0.629. The van der Waals surface area contributed by atoms with E-state index in [1.165, 1.54) is 12.1 Å². The van der Waals surface area contributed by atoms with Crippen LogP contribution in [-0.2, 0) is 10.3 Å². The van der Waals surface area contributed by atoms with E-state index in [-0.39, 0.29) is 11.9 Å². The predicted molar refractivity (Wildman–Crippen MR) is 115 cm³/mol. The van der Waals surface area contributed by atoms with Crippen molar-refractivity contribution in [2.75, 3.05) is 35.6 Å². The zero-order valence-corrected chi connectivity index (χ0v) is 17.4. The van der Waals surface area contributed by atoms with Gasteiger partial charge in [-0.25, -0.2) is 9.37 Å². The summed E-state index contributed by atoms with van der Waals surface area (Å²) in [4.78, 5) is 19.1. The molecule has 2 aliphatic heterocycles. The molecule has 0 saturated carbocycles. The van der Waals surface area contributed by atoms with Gasteiger partial charge in [-0.05, 0) is 44.5 Å². The van der Waals surface area contributed by atoms with Crippen LogP contribution in [0.5, 0.6) is 0 Å². The van der Waals surface area contributed by atoms with Crippen LogP contribution >= 0.6 is 0 Å². The zero-order chi connectivity index (χ0) is 22.2. The molecular weight excluding hydrogens is 399 g/mol. The van der Waals surface area contributed by atoms with E-state index in [0.717, 1.165) is 0 Å². The van der Waals surface area contributed by atoms with Crippen LogP contribution in [0.4, 0.5) is 21.5 Å². The number of aliphatic hydroxyl groups excluding tert-OH is 1. The van der Waals surface area contributed by atoms with Gasteiger partial charge in [-0.2, -0.15) is 5.26 Å². The SMILES string of the molecule is CCNc1cc(F)cc2c1NC(=O)C2(C)N1CC[C@@H](O)[C@@H](Nc2ccc(C#N)nc2)C1. The van der Waals surface area contributed by atoms with E-state index in [1.54, 1.807) is 25.3 Å². The summed E-state index contributed by atoms with van der Waals surface area (Å²) in [5, 5.41) is 28.8. The van der Waals surface area contributed by atoms with E-state index in [2.05, 4.69) is 20.9 Å². The molecule has 1 amide bonds. The van der Waals surface area contributed by atoms with Crippen LogP contribution in [0.25, 0.3) is 0 Å². The van der Waals surface area contributed by atoms with E-state index in [1.807, 2.05) is 17.9 Å². The van der Waals surface area contributed by atoms with Gasteiger partial charge in [0.05, 0.1) is 35.4 Å². The Kier molecular flexibility index (Phi) is 5.52. The van der Waals surface area contributed by atoms with E-state index in [4.69, 9.17) is 5.26 Å².